The molecule has 1 fully saturated rings. The lowest BCUT2D eigenvalue weighted by atomic mass is 9.85. The van der Waals surface area contributed by atoms with E-state index in [-0.39, 0.29) is 16.7 Å². The second-order valence-electron chi connectivity index (χ2n) is 5.07. The number of carbonyl (C=O) groups excluding carboxylic acids is 1. The van der Waals surface area contributed by atoms with Gasteiger partial charge in [-0.25, -0.2) is 4.39 Å². The molecule has 0 spiro atoms. The van der Waals surface area contributed by atoms with Crippen molar-refractivity contribution < 1.29 is 9.18 Å². The summed E-state index contributed by atoms with van der Waals surface area (Å²) in [7, 11) is 0. The van der Waals surface area contributed by atoms with E-state index >= 15 is 0 Å². The van der Waals surface area contributed by atoms with Gasteiger partial charge in [0.2, 0.25) is 5.91 Å². The van der Waals surface area contributed by atoms with E-state index in [4.69, 9.17) is 18.0 Å². The average Bonchev–Trinajstić information content (AvgIpc) is 2.84. The van der Waals surface area contributed by atoms with Crippen LogP contribution in [0.15, 0.2) is 18.2 Å². The van der Waals surface area contributed by atoms with Gasteiger partial charge in [0.25, 0.3) is 0 Å². The van der Waals surface area contributed by atoms with Crippen LogP contribution in [0.4, 0.5) is 10.1 Å². The summed E-state index contributed by atoms with van der Waals surface area (Å²) in [5, 5.41) is 2.77. The van der Waals surface area contributed by atoms with E-state index in [0.717, 1.165) is 18.4 Å². The van der Waals surface area contributed by atoms with Crippen LogP contribution < -0.4 is 11.1 Å². The Morgan fingerprint density at radius 1 is 1.42 bits per heavy atom. The molecule has 0 bridgehead atoms. The van der Waals surface area contributed by atoms with Gasteiger partial charge in [-0.3, -0.25) is 4.79 Å². The standard InChI is InChI=1S/C14H17FN2OS/c1-9-4-5-10(15)8-11(9)17-13(18)14(12(16)19)6-2-3-7-14/h4-5,8H,2-3,6-7H2,1H3,(H2,16,19)(H,17,18). The lowest BCUT2D eigenvalue weighted by molar-refractivity contribution is -0.122. The Labute approximate surface area is 117 Å². The predicted molar refractivity (Wildman–Crippen MR) is 77.5 cm³/mol. The number of halogens is 1. The molecule has 0 aliphatic heterocycles. The first kappa shape index (κ1) is 13.9. The van der Waals surface area contributed by atoms with E-state index in [1.165, 1.54) is 12.1 Å². The number of hydrogen-bond acceptors (Lipinski definition) is 2. The molecule has 19 heavy (non-hydrogen) atoms. The summed E-state index contributed by atoms with van der Waals surface area (Å²) in [6.45, 7) is 1.82. The number of aryl methyl sites for hydroxylation is 1. The molecule has 0 radical (unpaired) electrons. The van der Waals surface area contributed by atoms with Gasteiger partial charge in [0.05, 0.1) is 10.4 Å². The number of carbonyl (C=O) groups is 1. The van der Waals surface area contributed by atoms with Crippen LogP contribution in [0.1, 0.15) is 31.2 Å². The zero-order valence-corrected chi connectivity index (χ0v) is 11.6. The Kier molecular flexibility index (Phi) is 3.85. The first-order valence-corrected chi connectivity index (χ1v) is 6.74. The molecule has 0 atom stereocenters. The largest absolute Gasteiger partial charge is 0.392 e. The fourth-order valence-corrected chi connectivity index (χ4v) is 2.83. The van der Waals surface area contributed by atoms with Crippen molar-refractivity contribution in [3.63, 3.8) is 0 Å². The molecular weight excluding hydrogens is 263 g/mol. The van der Waals surface area contributed by atoms with E-state index in [2.05, 4.69) is 5.32 Å². The highest BCUT2D eigenvalue weighted by molar-refractivity contribution is 7.80. The van der Waals surface area contributed by atoms with Gasteiger partial charge in [0.15, 0.2) is 0 Å². The average molecular weight is 280 g/mol. The van der Waals surface area contributed by atoms with Gasteiger partial charge in [-0.15, -0.1) is 0 Å². The summed E-state index contributed by atoms with van der Waals surface area (Å²) in [5.74, 6) is -0.595. The number of rotatable bonds is 3. The Balaban J connectivity index is 2.25. The second-order valence-corrected chi connectivity index (χ2v) is 5.51. The van der Waals surface area contributed by atoms with Gasteiger partial charge in [0, 0.05) is 5.69 Å². The molecule has 0 heterocycles. The fraction of sp³-hybridized carbons (Fsp3) is 0.429. The van der Waals surface area contributed by atoms with Gasteiger partial charge in [-0.1, -0.05) is 31.1 Å². The van der Waals surface area contributed by atoms with Crippen LogP contribution in [-0.4, -0.2) is 10.9 Å². The molecule has 5 heteroatoms. The number of nitrogens with one attached hydrogen (secondary N) is 1. The number of nitrogens with two attached hydrogens (primary N) is 1. The van der Waals surface area contributed by atoms with Gasteiger partial charge < -0.3 is 11.1 Å². The summed E-state index contributed by atoms with van der Waals surface area (Å²) in [5.41, 5.74) is 6.27. The Morgan fingerprint density at radius 3 is 2.63 bits per heavy atom. The van der Waals surface area contributed by atoms with E-state index in [1.54, 1.807) is 6.07 Å². The number of thiocarbonyl (C=S) groups is 1. The zero-order chi connectivity index (χ0) is 14.0. The third-order valence-electron chi connectivity index (χ3n) is 3.81. The summed E-state index contributed by atoms with van der Waals surface area (Å²) >= 11 is 5.06. The molecule has 1 aromatic carbocycles. The highest BCUT2D eigenvalue weighted by atomic mass is 32.1. The normalized spacial score (nSPS) is 17.2. The Bertz CT molecular complexity index is 524. The van der Waals surface area contributed by atoms with Crippen LogP contribution in [-0.2, 0) is 4.79 Å². The monoisotopic (exact) mass is 280 g/mol. The number of hydrogen-bond donors (Lipinski definition) is 2. The molecule has 1 amide bonds. The Hall–Kier alpha value is -1.49. The van der Waals surface area contributed by atoms with Crippen LogP contribution in [0.2, 0.25) is 0 Å². The van der Waals surface area contributed by atoms with Gasteiger partial charge >= 0.3 is 0 Å². The highest BCUT2D eigenvalue weighted by Crippen LogP contribution is 2.39. The summed E-state index contributed by atoms with van der Waals surface area (Å²) in [4.78, 5) is 12.7. The van der Waals surface area contributed by atoms with Gasteiger partial charge in [0.1, 0.15) is 5.82 Å². The van der Waals surface area contributed by atoms with Gasteiger partial charge in [-0.2, -0.15) is 0 Å². The third kappa shape index (κ3) is 2.61. The lowest BCUT2D eigenvalue weighted by Crippen LogP contribution is -2.44. The molecule has 3 nitrogen and oxygen atoms in total. The molecule has 1 aliphatic rings. The molecule has 0 unspecified atom stereocenters. The van der Waals surface area contributed by atoms with Crippen molar-refractivity contribution in [2.45, 2.75) is 32.6 Å². The topological polar surface area (TPSA) is 55.1 Å². The molecule has 102 valence electrons. The van der Waals surface area contributed by atoms with Crippen LogP contribution >= 0.6 is 12.2 Å². The SMILES string of the molecule is Cc1ccc(F)cc1NC(=O)C1(C(N)=S)CCCC1. The maximum Gasteiger partial charge on any atom is 0.237 e. The van der Waals surface area contributed by atoms with E-state index < -0.39 is 5.41 Å². The molecule has 1 saturated carbocycles. The van der Waals surface area contributed by atoms with Crippen molar-refractivity contribution in [1.82, 2.24) is 0 Å². The third-order valence-corrected chi connectivity index (χ3v) is 4.20. The van der Waals surface area contributed by atoms with Crippen molar-refractivity contribution >= 4 is 28.8 Å². The van der Waals surface area contributed by atoms with E-state index in [9.17, 15) is 9.18 Å². The van der Waals surface area contributed by atoms with Crippen molar-refractivity contribution in [2.75, 3.05) is 5.32 Å². The van der Waals surface area contributed by atoms with Crippen molar-refractivity contribution in [3.05, 3.63) is 29.6 Å². The minimum absolute atomic E-state index is 0.216. The molecule has 3 N–H and O–H groups in total. The lowest BCUT2D eigenvalue weighted by Gasteiger charge is -2.26. The second kappa shape index (κ2) is 5.25. The van der Waals surface area contributed by atoms with Crippen LogP contribution in [0, 0.1) is 18.2 Å². The molecule has 1 aliphatic carbocycles. The van der Waals surface area contributed by atoms with Crippen LogP contribution in [0.3, 0.4) is 0 Å². The molecular formula is C14H17FN2OS. The minimum Gasteiger partial charge on any atom is -0.392 e. The van der Waals surface area contributed by atoms with Crippen molar-refractivity contribution in [1.29, 1.82) is 0 Å². The van der Waals surface area contributed by atoms with Gasteiger partial charge in [-0.05, 0) is 37.5 Å². The molecule has 0 saturated heterocycles. The smallest absolute Gasteiger partial charge is 0.237 e. The number of anilines is 1. The first-order chi connectivity index (χ1) is 8.95. The number of amides is 1. The molecule has 2 rings (SSSR count). The number of benzene rings is 1. The Morgan fingerprint density at radius 2 is 2.05 bits per heavy atom. The maximum absolute atomic E-state index is 13.2. The fourth-order valence-electron chi connectivity index (χ4n) is 2.53. The van der Waals surface area contributed by atoms with E-state index in [1.807, 2.05) is 6.92 Å². The first-order valence-electron chi connectivity index (χ1n) is 6.33. The molecule has 0 aromatic heterocycles. The quantitative estimate of drug-likeness (QED) is 0.837. The summed E-state index contributed by atoms with van der Waals surface area (Å²) in [6, 6.07) is 4.31. The summed E-state index contributed by atoms with van der Waals surface area (Å²) in [6.07, 6.45) is 3.21. The summed E-state index contributed by atoms with van der Waals surface area (Å²) < 4.78 is 13.2. The van der Waals surface area contributed by atoms with Crippen molar-refractivity contribution in [2.24, 2.45) is 11.1 Å². The van der Waals surface area contributed by atoms with Crippen molar-refractivity contribution in [3.8, 4) is 0 Å². The predicted octanol–water partition coefficient (Wildman–Crippen LogP) is 2.92. The molecule has 1 aromatic rings. The van der Waals surface area contributed by atoms with Crippen LogP contribution in [0.25, 0.3) is 0 Å². The highest BCUT2D eigenvalue weighted by Gasteiger charge is 2.44. The minimum atomic E-state index is -0.770. The maximum atomic E-state index is 13.2. The van der Waals surface area contributed by atoms with Crippen LogP contribution in [0.5, 0.6) is 0 Å². The van der Waals surface area contributed by atoms with E-state index in [0.29, 0.717) is 18.5 Å². The zero-order valence-electron chi connectivity index (χ0n) is 10.8.